The summed E-state index contributed by atoms with van der Waals surface area (Å²) in [7, 11) is 1.95. The number of carbonyl (C=O) groups is 1. The highest BCUT2D eigenvalue weighted by Gasteiger charge is 2.13. The van der Waals surface area contributed by atoms with E-state index in [4.69, 9.17) is 27.9 Å². The van der Waals surface area contributed by atoms with Crippen molar-refractivity contribution in [1.82, 2.24) is 0 Å². The van der Waals surface area contributed by atoms with E-state index in [1.165, 1.54) is 0 Å². The van der Waals surface area contributed by atoms with Gasteiger partial charge in [-0.2, -0.15) is 0 Å². The van der Waals surface area contributed by atoms with Crippen LogP contribution < -0.4 is 15.0 Å². The fourth-order valence-electron chi connectivity index (χ4n) is 2.91. The number of anilines is 1. The van der Waals surface area contributed by atoms with Crippen LogP contribution in [0.2, 0.25) is 10.0 Å². The average Bonchev–Trinajstić information content (AvgIpc) is 2.70. The first-order chi connectivity index (χ1) is 14.0. The van der Waals surface area contributed by atoms with Crippen LogP contribution in [0.5, 0.6) is 5.75 Å². The summed E-state index contributed by atoms with van der Waals surface area (Å²) in [4.78, 5) is 13.4. The zero-order valence-corrected chi connectivity index (χ0v) is 17.6. The van der Waals surface area contributed by atoms with E-state index >= 15 is 0 Å². The molecule has 0 fully saturated rings. The fourth-order valence-corrected chi connectivity index (χ4v) is 3.38. The van der Waals surface area contributed by atoms with Crippen LogP contribution in [-0.4, -0.2) is 19.5 Å². The van der Waals surface area contributed by atoms with E-state index in [1.54, 1.807) is 12.1 Å². The molecule has 150 valence electrons. The maximum absolute atomic E-state index is 12.3. The molecule has 29 heavy (non-hydrogen) atoms. The average molecular weight is 430 g/mol. The largest absolute Gasteiger partial charge is 0.489 e. The number of carbonyl (C=O) groups excluding carboxylic acids is 1. The molecule has 3 aromatic rings. The third-order valence-electron chi connectivity index (χ3n) is 4.36. The number of nitrogens with one attached hydrogen (secondary N) is 2. The molecule has 0 aliphatic rings. The third kappa shape index (κ3) is 6.79. The number of hydrogen-bond donors (Lipinski definition) is 2. The Morgan fingerprint density at radius 2 is 1.72 bits per heavy atom. The number of ether oxygens (including phenoxy) is 1. The molecule has 0 aliphatic carbocycles. The van der Waals surface area contributed by atoms with Gasteiger partial charge in [-0.3, -0.25) is 4.79 Å². The van der Waals surface area contributed by atoms with Crippen molar-refractivity contribution in [2.75, 3.05) is 18.9 Å². The topological polar surface area (TPSA) is 42.8 Å². The molecule has 1 unspecified atom stereocenters. The van der Waals surface area contributed by atoms with Crippen molar-refractivity contribution >= 4 is 34.8 Å². The highest BCUT2D eigenvalue weighted by Crippen LogP contribution is 2.20. The van der Waals surface area contributed by atoms with Crippen molar-refractivity contribution in [3.63, 3.8) is 0 Å². The zero-order chi connectivity index (χ0) is 20.6. The Kier molecular flexibility index (Phi) is 7.53. The molecule has 0 radical (unpaired) electrons. The summed E-state index contributed by atoms with van der Waals surface area (Å²) in [5, 5.41) is 4.13. The van der Waals surface area contributed by atoms with Gasteiger partial charge in [0.2, 0.25) is 0 Å². The van der Waals surface area contributed by atoms with Crippen LogP contribution >= 0.6 is 23.2 Å². The van der Waals surface area contributed by atoms with E-state index in [-0.39, 0.29) is 5.91 Å². The van der Waals surface area contributed by atoms with Crippen LogP contribution in [0.25, 0.3) is 0 Å². The zero-order valence-electron chi connectivity index (χ0n) is 16.1. The number of likely N-dealkylation sites (N-methyl/N-ethyl adjacent to an activating group) is 1. The van der Waals surface area contributed by atoms with Gasteiger partial charge in [0.05, 0.1) is 12.1 Å². The first kappa shape index (κ1) is 21.2. The molecule has 0 saturated carbocycles. The second-order valence-corrected chi connectivity index (χ2v) is 7.74. The van der Waals surface area contributed by atoms with Gasteiger partial charge in [0.1, 0.15) is 18.9 Å². The van der Waals surface area contributed by atoms with Gasteiger partial charge in [-0.15, -0.1) is 0 Å². The molecule has 0 bridgehead atoms. The summed E-state index contributed by atoms with van der Waals surface area (Å²) in [5.74, 6) is 0.692. The third-order valence-corrected chi connectivity index (χ3v) is 4.94. The summed E-state index contributed by atoms with van der Waals surface area (Å²) in [5.41, 5.74) is 2.80. The second kappa shape index (κ2) is 10.3. The standard InChI is InChI=1S/C23H22Cl2N2O2/c1-27(14-18-7-8-19(24)13-22(18)25)15-23(28)26-20-9-11-21(12-10-20)29-16-17-5-3-2-4-6-17/h2-13H,14-16H2,1H3,(H,26,28)/p+1. The van der Waals surface area contributed by atoms with E-state index in [9.17, 15) is 4.79 Å². The van der Waals surface area contributed by atoms with Gasteiger partial charge in [-0.1, -0.05) is 59.6 Å². The number of quaternary nitrogens is 1. The van der Waals surface area contributed by atoms with Crippen molar-refractivity contribution < 1.29 is 14.4 Å². The molecule has 0 aromatic heterocycles. The quantitative estimate of drug-likeness (QED) is 0.562. The van der Waals surface area contributed by atoms with Crippen LogP contribution in [0.15, 0.2) is 72.8 Å². The Labute approximate surface area is 181 Å². The number of benzene rings is 3. The molecule has 3 aromatic carbocycles. The molecule has 0 aliphatic heterocycles. The summed E-state index contributed by atoms with van der Waals surface area (Å²) < 4.78 is 5.76. The Hall–Kier alpha value is -2.53. The Balaban J connectivity index is 1.47. The van der Waals surface area contributed by atoms with Gasteiger partial charge >= 0.3 is 0 Å². The number of amides is 1. The van der Waals surface area contributed by atoms with Gasteiger partial charge in [0.15, 0.2) is 6.54 Å². The number of halogens is 2. The highest BCUT2D eigenvalue weighted by molar-refractivity contribution is 6.35. The lowest BCUT2D eigenvalue weighted by molar-refractivity contribution is -0.885. The lowest BCUT2D eigenvalue weighted by Crippen LogP contribution is -3.08. The van der Waals surface area contributed by atoms with E-state index in [0.29, 0.717) is 29.7 Å². The first-order valence-corrected chi connectivity index (χ1v) is 10.1. The van der Waals surface area contributed by atoms with Crippen LogP contribution in [0.3, 0.4) is 0 Å². The fraction of sp³-hybridized carbons (Fsp3) is 0.174. The van der Waals surface area contributed by atoms with Gasteiger partial charge in [0.25, 0.3) is 5.91 Å². The second-order valence-electron chi connectivity index (χ2n) is 6.89. The van der Waals surface area contributed by atoms with Crippen molar-refractivity contribution in [2.45, 2.75) is 13.2 Å². The Bertz CT molecular complexity index is 947. The molecule has 0 saturated heterocycles. The monoisotopic (exact) mass is 429 g/mol. The predicted molar refractivity (Wildman–Crippen MR) is 118 cm³/mol. The van der Waals surface area contributed by atoms with Crippen LogP contribution in [0, 0.1) is 0 Å². The number of hydrogen-bond acceptors (Lipinski definition) is 2. The maximum atomic E-state index is 12.3. The molecule has 0 spiro atoms. The molecule has 4 nitrogen and oxygen atoms in total. The van der Waals surface area contributed by atoms with Crippen molar-refractivity contribution in [3.8, 4) is 5.75 Å². The summed E-state index contributed by atoms with van der Waals surface area (Å²) in [6, 6.07) is 22.8. The van der Waals surface area contributed by atoms with Gasteiger partial charge in [-0.25, -0.2) is 0 Å². The Morgan fingerprint density at radius 3 is 2.41 bits per heavy atom. The molecule has 2 N–H and O–H groups in total. The van der Waals surface area contributed by atoms with Gasteiger partial charge in [-0.05, 0) is 42.0 Å². The molecule has 1 amide bonds. The normalized spacial score (nSPS) is 11.7. The summed E-state index contributed by atoms with van der Waals surface area (Å²) in [6.45, 7) is 1.47. The number of rotatable bonds is 8. The lowest BCUT2D eigenvalue weighted by atomic mass is 10.2. The smallest absolute Gasteiger partial charge is 0.279 e. The highest BCUT2D eigenvalue weighted by atomic mass is 35.5. The van der Waals surface area contributed by atoms with Crippen LogP contribution in [0.1, 0.15) is 11.1 Å². The minimum absolute atomic E-state index is 0.0643. The predicted octanol–water partition coefficient (Wildman–Crippen LogP) is 4.23. The lowest BCUT2D eigenvalue weighted by Gasteiger charge is -2.15. The van der Waals surface area contributed by atoms with Crippen LogP contribution in [0.4, 0.5) is 5.69 Å². The molecule has 6 heteroatoms. The molecule has 3 rings (SSSR count). The summed E-state index contributed by atoms with van der Waals surface area (Å²) in [6.07, 6.45) is 0. The molecule has 1 atom stereocenters. The maximum Gasteiger partial charge on any atom is 0.279 e. The van der Waals surface area contributed by atoms with Gasteiger partial charge < -0.3 is 15.0 Å². The molecule has 0 heterocycles. The van der Waals surface area contributed by atoms with E-state index in [1.807, 2.05) is 67.7 Å². The Morgan fingerprint density at radius 1 is 1.00 bits per heavy atom. The van der Waals surface area contributed by atoms with E-state index in [2.05, 4.69) is 5.32 Å². The SMILES string of the molecule is C[NH+](CC(=O)Nc1ccc(OCc2ccccc2)cc1)Cc1ccc(Cl)cc1Cl. The van der Waals surface area contributed by atoms with E-state index in [0.717, 1.165) is 27.5 Å². The van der Waals surface area contributed by atoms with Crippen molar-refractivity contribution in [3.05, 3.63) is 94.0 Å². The first-order valence-electron chi connectivity index (χ1n) is 9.31. The molecular formula is C23H23Cl2N2O2+. The summed E-state index contributed by atoms with van der Waals surface area (Å²) >= 11 is 12.1. The minimum atomic E-state index is -0.0643. The molecular weight excluding hydrogens is 407 g/mol. The van der Waals surface area contributed by atoms with Crippen molar-refractivity contribution in [2.24, 2.45) is 0 Å². The minimum Gasteiger partial charge on any atom is -0.489 e. The van der Waals surface area contributed by atoms with Gasteiger partial charge in [0, 0.05) is 16.3 Å². The van der Waals surface area contributed by atoms with Crippen LogP contribution in [-0.2, 0) is 17.9 Å². The van der Waals surface area contributed by atoms with E-state index < -0.39 is 0 Å². The van der Waals surface area contributed by atoms with Crippen molar-refractivity contribution in [1.29, 1.82) is 0 Å².